The number of hydrogen-bond donors (Lipinski definition) is 0. The molecule has 0 saturated carbocycles. The molecule has 0 radical (unpaired) electrons. The van der Waals surface area contributed by atoms with Crippen LogP contribution in [-0.4, -0.2) is 55.8 Å². The monoisotopic (exact) mass is 395 g/mol. The van der Waals surface area contributed by atoms with E-state index < -0.39 is 5.69 Å². The van der Waals surface area contributed by atoms with Crippen molar-refractivity contribution in [2.24, 2.45) is 5.41 Å². The number of hydrogen-bond acceptors (Lipinski definition) is 5. The fraction of sp³-hybridized carbons (Fsp3) is 0.476. The van der Waals surface area contributed by atoms with Gasteiger partial charge >= 0.3 is 5.69 Å². The van der Waals surface area contributed by atoms with Gasteiger partial charge in [-0.3, -0.25) is 19.1 Å². The Morgan fingerprint density at radius 3 is 2.55 bits per heavy atom. The molecule has 4 heterocycles. The minimum absolute atomic E-state index is 0.0202. The molecule has 2 fully saturated rings. The number of pyridine rings is 1. The van der Waals surface area contributed by atoms with Crippen molar-refractivity contribution < 1.29 is 9.59 Å². The average Bonchev–Trinajstić information content (AvgIpc) is 2.74. The zero-order chi connectivity index (χ0) is 20.3. The fourth-order valence-electron chi connectivity index (χ4n) is 4.35. The molecule has 2 aromatic rings. The third-order valence-corrected chi connectivity index (χ3v) is 6.14. The minimum atomic E-state index is -0.410. The van der Waals surface area contributed by atoms with Gasteiger partial charge in [-0.25, -0.2) is 9.78 Å². The lowest BCUT2D eigenvalue weighted by Crippen LogP contribution is -2.52. The molecule has 2 saturated heterocycles. The number of piperidine rings is 2. The highest BCUT2D eigenvalue weighted by atomic mass is 16.2. The van der Waals surface area contributed by atoms with E-state index in [-0.39, 0.29) is 23.8 Å². The molecule has 2 amide bonds. The zero-order valence-corrected chi connectivity index (χ0v) is 16.4. The second-order valence-corrected chi connectivity index (χ2v) is 8.02. The van der Waals surface area contributed by atoms with Crippen molar-refractivity contribution in [3.8, 4) is 0 Å². The van der Waals surface area contributed by atoms with Crippen LogP contribution in [0.3, 0.4) is 0 Å². The van der Waals surface area contributed by atoms with Crippen LogP contribution in [0.5, 0.6) is 0 Å². The maximum absolute atomic E-state index is 12.6. The molecule has 8 heteroatoms. The van der Waals surface area contributed by atoms with Crippen molar-refractivity contribution in [1.82, 2.24) is 24.3 Å². The lowest BCUT2D eigenvalue weighted by molar-refractivity contribution is -0.143. The Morgan fingerprint density at radius 2 is 1.83 bits per heavy atom. The second-order valence-electron chi connectivity index (χ2n) is 8.02. The first kappa shape index (κ1) is 19.3. The van der Waals surface area contributed by atoms with Crippen molar-refractivity contribution in [2.75, 3.05) is 19.6 Å². The smallest absolute Gasteiger partial charge is 0.341 e. The van der Waals surface area contributed by atoms with Gasteiger partial charge in [0.05, 0.1) is 0 Å². The molecule has 8 nitrogen and oxygen atoms in total. The molecule has 2 aromatic heterocycles. The number of nitrogens with zero attached hydrogens (tertiary/aromatic N) is 5. The molecule has 0 aromatic carbocycles. The predicted octanol–water partition coefficient (Wildman–Crippen LogP) is 1.07. The third kappa shape index (κ3) is 4.36. The van der Waals surface area contributed by atoms with Crippen LogP contribution < -0.4 is 5.69 Å². The topological polar surface area (TPSA) is 88.4 Å². The van der Waals surface area contributed by atoms with Crippen LogP contribution in [0.2, 0.25) is 0 Å². The van der Waals surface area contributed by atoms with E-state index >= 15 is 0 Å². The largest absolute Gasteiger partial charge is 0.347 e. The van der Waals surface area contributed by atoms with Gasteiger partial charge in [-0.05, 0) is 48.4 Å². The first-order valence-electron chi connectivity index (χ1n) is 10.0. The van der Waals surface area contributed by atoms with Gasteiger partial charge < -0.3 is 9.80 Å². The molecular formula is C21H25N5O3. The summed E-state index contributed by atoms with van der Waals surface area (Å²) in [5, 5.41) is 0. The van der Waals surface area contributed by atoms with Crippen LogP contribution in [0.1, 0.15) is 31.2 Å². The van der Waals surface area contributed by atoms with Crippen LogP contribution in [0, 0.1) is 5.41 Å². The van der Waals surface area contributed by atoms with Gasteiger partial charge in [-0.2, -0.15) is 0 Å². The van der Waals surface area contributed by atoms with E-state index in [1.807, 2.05) is 21.9 Å². The van der Waals surface area contributed by atoms with Crippen molar-refractivity contribution in [3.05, 3.63) is 59.0 Å². The molecule has 0 bridgehead atoms. The Hall–Kier alpha value is -3.03. The number of carbonyl (C=O) groups excluding carboxylic acids is 2. The minimum Gasteiger partial charge on any atom is -0.341 e. The number of amides is 2. The summed E-state index contributed by atoms with van der Waals surface area (Å²) in [6.45, 7) is 2.68. The number of aromatic nitrogens is 3. The number of carbonyl (C=O) groups is 2. The Kier molecular flexibility index (Phi) is 5.42. The van der Waals surface area contributed by atoms with E-state index in [9.17, 15) is 14.4 Å². The quantitative estimate of drug-likeness (QED) is 0.773. The average molecular weight is 395 g/mol. The Labute approximate surface area is 169 Å². The van der Waals surface area contributed by atoms with Crippen molar-refractivity contribution in [3.63, 3.8) is 0 Å². The predicted molar refractivity (Wildman–Crippen MR) is 106 cm³/mol. The molecule has 2 aliphatic heterocycles. The van der Waals surface area contributed by atoms with Crippen molar-refractivity contribution in [1.29, 1.82) is 0 Å². The Balaban J connectivity index is 1.36. The first-order valence-corrected chi connectivity index (χ1v) is 10.0. The summed E-state index contributed by atoms with van der Waals surface area (Å²) in [5.41, 5.74) is 0.745. The zero-order valence-electron chi connectivity index (χ0n) is 16.4. The number of rotatable bonds is 4. The molecule has 0 unspecified atom stereocenters. The van der Waals surface area contributed by atoms with Crippen LogP contribution >= 0.6 is 0 Å². The SMILES string of the molecule is O=C(Cn1cccnc1=O)N1CCC2(CCC(=O)N(Cc3ccncc3)C2)CC1. The Morgan fingerprint density at radius 1 is 1.07 bits per heavy atom. The van der Waals surface area contributed by atoms with E-state index in [0.29, 0.717) is 26.1 Å². The summed E-state index contributed by atoms with van der Waals surface area (Å²) in [6, 6.07) is 5.53. The van der Waals surface area contributed by atoms with Crippen molar-refractivity contribution in [2.45, 2.75) is 38.8 Å². The van der Waals surface area contributed by atoms with Gasteiger partial charge in [-0.15, -0.1) is 0 Å². The summed E-state index contributed by atoms with van der Waals surface area (Å²) in [4.78, 5) is 48.3. The fourth-order valence-corrected chi connectivity index (χ4v) is 4.35. The highest BCUT2D eigenvalue weighted by molar-refractivity contribution is 5.77. The van der Waals surface area contributed by atoms with Gasteiger partial charge in [0.1, 0.15) is 6.54 Å². The maximum atomic E-state index is 12.6. The van der Waals surface area contributed by atoms with E-state index in [2.05, 4.69) is 9.97 Å². The van der Waals surface area contributed by atoms with Crippen LogP contribution in [0.15, 0.2) is 47.8 Å². The van der Waals surface area contributed by atoms with E-state index in [4.69, 9.17) is 0 Å². The summed E-state index contributed by atoms with van der Waals surface area (Å²) in [7, 11) is 0. The highest BCUT2D eigenvalue weighted by Gasteiger charge is 2.41. The Bertz CT molecular complexity index is 935. The van der Waals surface area contributed by atoms with E-state index in [0.717, 1.165) is 31.4 Å². The number of likely N-dealkylation sites (tertiary alicyclic amines) is 2. The van der Waals surface area contributed by atoms with Gasteiger partial charge in [0, 0.05) is 57.4 Å². The van der Waals surface area contributed by atoms with Gasteiger partial charge in [-0.1, -0.05) is 0 Å². The lowest BCUT2D eigenvalue weighted by Gasteiger charge is -2.47. The lowest BCUT2D eigenvalue weighted by atomic mass is 9.72. The molecule has 152 valence electrons. The highest BCUT2D eigenvalue weighted by Crippen LogP contribution is 2.40. The molecule has 2 aliphatic rings. The van der Waals surface area contributed by atoms with E-state index in [1.165, 1.54) is 10.8 Å². The summed E-state index contributed by atoms with van der Waals surface area (Å²) in [5.74, 6) is 0.136. The molecule has 0 N–H and O–H groups in total. The molecule has 29 heavy (non-hydrogen) atoms. The van der Waals surface area contributed by atoms with E-state index in [1.54, 1.807) is 24.7 Å². The maximum Gasteiger partial charge on any atom is 0.347 e. The summed E-state index contributed by atoms with van der Waals surface area (Å²) >= 11 is 0. The molecule has 0 aliphatic carbocycles. The normalized spacial score (nSPS) is 18.8. The molecule has 1 spiro atoms. The first-order chi connectivity index (χ1) is 14.0. The van der Waals surface area contributed by atoms with Gasteiger partial charge in [0.2, 0.25) is 11.8 Å². The standard InChI is InChI=1S/C21H25N5O3/c27-18-2-5-21(16-26(18)14-17-3-9-22-10-4-17)6-12-24(13-7-21)19(28)15-25-11-1-8-23-20(25)29/h1,3-4,8-11H,2,5-7,12-16H2. The van der Waals surface area contributed by atoms with Crippen LogP contribution in [-0.2, 0) is 22.7 Å². The van der Waals surface area contributed by atoms with Crippen LogP contribution in [0.4, 0.5) is 0 Å². The van der Waals surface area contributed by atoms with Gasteiger partial charge in [0.25, 0.3) is 0 Å². The summed E-state index contributed by atoms with van der Waals surface area (Å²) < 4.78 is 1.34. The second kappa shape index (κ2) is 8.14. The van der Waals surface area contributed by atoms with Gasteiger partial charge in [0.15, 0.2) is 0 Å². The molecule has 4 rings (SSSR count). The molecular weight excluding hydrogens is 370 g/mol. The van der Waals surface area contributed by atoms with Crippen molar-refractivity contribution >= 4 is 11.8 Å². The molecule has 0 atom stereocenters. The van der Waals surface area contributed by atoms with Crippen LogP contribution in [0.25, 0.3) is 0 Å². The third-order valence-electron chi connectivity index (χ3n) is 6.14. The summed E-state index contributed by atoms with van der Waals surface area (Å²) in [6.07, 6.45) is 9.70.